The molecule has 0 spiro atoms. The van der Waals surface area contributed by atoms with E-state index < -0.39 is 77.9 Å². The first-order chi connectivity index (χ1) is 59.5. The molecule has 696 valence electrons. The predicted octanol–water partition coefficient (Wildman–Crippen LogP) is 7.65. The lowest BCUT2D eigenvalue weighted by atomic mass is 9.85. The van der Waals surface area contributed by atoms with E-state index in [0.717, 1.165) is 76.1 Å². The number of benzene rings is 6. The van der Waals surface area contributed by atoms with Crippen LogP contribution in [0, 0.1) is 0 Å². The molecule has 11 N–H and O–H groups in total. The molecule has 9 rings (SSSR count). The Morgan fingerprint density at radius 3 is 1.17 bits per heavy atom. The van der Waals surface area contributed by atoms with Crippen molar-refractivity contribution in [3.8, 4) is 0 Å². The van der Waals surface area contributed by atoms with Gasteiger partial charge in [0.1, 0.15) is 6.10 Å². The molecule has 41 heteroatoms. The number of sulfone groups is 1. The minimum atomic E-state index is -3.79. The Labute approximate surface area is 761 Å². The van der Waals surface area contributed by atoms with Gasteiger partial charge in [-0.2, -0.15) is 0 Å². The summed E-state index contributed by atoms with van der Waals surface area (Å²) in [4.78, 5) is 50.8. The number of likely N-dealkylation sites (N-methyl/N-ethyl adjacent to an activating group) is 3. The normalized spacial score (nSPS) is 16.4. The first-order valence-electron chi connectivity index (χ1n) is 40.3. The van der Waals surface area contributed by atoms with Gasteiger partial charge in [0.15, 0.2) is 33.9 Å². The molecule has 6 aromatic rings. The zero-order chi connectivity index (χ0) is 91.8. The quantitative estimate of drug-likeness (QED) is 0.0164. The van der Waals surface area contributed by atoms with E-state index in [-0.39, 0.29) is 106 Å². The maximum Gasteiger partial charge on any atom is 0.335 e. The molecule has 3 aliphatic rings. The van der Waals surface area contributed by atoms with Gasteiger partial charge in [-0.15, -0.1) is 0 Å². The number of aliphatic carboxylic acids is 2. The topological polar surface area (TPSA) is 447 Å². The van der Waals surface area contributed by atoms with Crippen molar-refractivity contribution in [3.63, 3.8) is 0 Å². The number of nitrogens with zero attached hydrogens (tertiary/aromatic N) is 3. The summed E-state index contributed by atoms with van der Waals surface area (Å²) in [7, 11) is -3.24. The number of halogens is 6. The zero-order valence-corrected chi connectivity index (χ0v) is 77.4. The molecule has 0 radical (unpaired) electrons. The zero-order valence-electron chi connectivity index (χ0n) is 70.4. The number of carboxylic acids is 2. The predicted molar refractivity (Wildman–Crippen MR) is 475 cm³/mol. The number of carboxylic acid groups (broad SMARTS) is 2. The van der Waals surface area contributed by atoms with Crippen molar-refractivity contribution >= 4 is 123 Å². The number of methoxy groups -OCH3 is 1. The summed E-state index contributed by atoms with van der Waals surface area (Å²) in [5.74, 6) is -5.10. The second-order valence-corrected chi connectivity index (χ2v) is 37.5. The molecule has 3 heterocycles. The number of nitrogens with two attached hydrogens (primary N) is 1. The van der Waals surface area contributed by atoms with Crippen molar-refractivity contribution in [3.05, 3.63) is 189 Å². The van der Waals surface area contributed by atoms with Crippen molar-refractivity contribution in [1.82, 2.24) is 29.5 Å². The Balaban J connectivity index is 0.000000284. The lowest BCUT2D eigenvalue weighted by molar-refractivity contribution is -0.165. The Morgan fingerprint density at radius 2 is 0.784 bits per heavy atom. The summed E-state index contributed by atoms with van der Waals surface area (Å²) >= 11 is 38.2. The number of carbonyl (C=O) groups is 4. The highest BCUT2D eigenvalue weighted by Gasteiger charge is 2.34. The molecular weight excluding hydrogens is 1820 g/mol. The Hall–Kier alpha value is -5.77. The number of sulfonamides is 2. The first kappa shape index (κ1) is 108. The van der Waals surface area contributed by atoms with Gasteiger partial charge in [-0.3, -0.25) is 9.59 Å². The fraction of sp³-hybridized carbons (Fsp3) is 0.524. The van der Waals surface area contributed by atoms with E-state index in [1.54, 1.807) is 73.8 Å². The Bertz CT molecular complexity index is 4730. The van der Waals surface area contributed by atoms with Crippen LogP contribution in [0.2, 0.25) is 30.1 Å². The van der Waals surface area contributed by atoms with Gasteiger partial charge in [0, 0.05) is 147 Å². The fourth-order valence-electron chi connectivity index (χ4n) is 13.3. The van der Waals surface area contributed by atoms with Crippen LogP contribution in [0.25, 0.3) is 0 Å². The van der Waals surface area contributed by atoms with Gasteiger partial charge in [-0.25, -0.2) is 44.3 Å². The highest BCUT2D eigenvalue weighted by Crippen LogP contribution is 2.42. The molecule has 0 aliphatic carbocycles. The van der Waals surface area contributed by atoms with Gasteiger partial charge in [-0.05, 0) is 163 Å². The van der Waals surface area contributed by atoms with Crippen LogP contribution in [0.3, 0.4) is 0 Å². The van der Waals surface area contributed by atoms with Gasteiger partial charge in [0.05, 0.1) is 113 Å². The maximum absolute atomic E-state index is 13.0. The molecule has 0 aromatic heterocycles. The summed E-state index contributed by atoms with van der Waals surface area (Å²) in [5, 5.41) is 58.4. The molecule has 1 amide bonds. The first-order valence-corrected chi connectivity index (χ1v) is 47.2. The van der Waals surface area contributed by atoms with Crippen LogP contribution in [-0.2, 0) is 111 Å². The van der Waals surface area contributed by atoms with Gasteiger partial charge in [0.2, 0.25) is 20.0 Å². The van der Waals surface area contributed by atoms with Crippen LogP contribution in [0.5, 0.6) is 0 Å². The number of rotatable bonds is 50. The van der Waals surface area contributed by atoms with Crippen molar-refractivity contribution in [2.24, 2.45) is 5.73 Å². The number of ether oxygens (including phenoxy) is 9. The van der Waals surface area contributed by atoms with Crippen molar-refractivity contribution in [1.29, 1.82) is 0 Å². The molecule has 0 saturated carbocycles. The van der Waals surface area contributed by atoms with Crippen LogP contribution in [0.15, 0.2) is 124 Å². The number of amides is 1. The van der Waals surface area contributed by atoms with E-state index in [4.69, 9.17) is 138 Å². The number of hydrogen-bond acceptors (Lipinski definition) is 27. The van der Waals surface area contributed by atoms with Gasteiger partial charge < -0.3 is 99.0 Å². The number of aliphatic hydroxyl groups is 4. The largest absolute Gasteiger partial charge is 0.479 e. The van der Waals surface area contributed by atoms with Crippen molar-refractivity contribution in [2.45, 2.75) is 109 Å². The van der Waals surface area contributed by atoms with E-state index >= 15 is 0 Å². The van der Waals surface area contributed by atoms with Gasteiger partial charge in [-0.1, -0.05) is 113 Å². The third kappa shape index (κ3) is 36.5. The highest BCUT2D eigenvalue weighted by atomic mass is 35.5. The van der Waals surface area contributed by atoms with Crippen molar-refractivity contribution < 1.29 is 118 Å². The van der Waals surface area contributed by atoms with E-state index in [1.807, 2.05) is 70.5 Å². The number of fused-ring (bicyclic) bond motifs is 3. The van der Waals surface area contributed by atoms with Gasteiger partial charge >= 0.3 is 11.9 Å². The Kier molecular flexibility index (Phi) is 48.4. The minimum Gasteiger partial charge on any atom is -0.479 e. The van der Waals surface area contributed by atoms with Crippen molar-refractivity contribution in [2.75, 3.05) is 192 Å². The van der Waals surface area contributed by atoms with Crippen LogP contribution < -0.4 is 20.5 Å². The molecule has 0 fully saturated rings. The van der Waals surface area contributed by atoms with Crippen LogP contribution >= 0.6 is 69.6 Å². The smallest absolute Gasteiger partial charge is 0.335 e. The third-order valence-corrected chi connectivity index (χ3v) is 25.9. The lowest BCUT2D eigenvalue weighted by Crippen LogP contribution is -2.46. The highest BCUT2D eigenvalue weighted by molar-refractivity contribution is 7.91. The van der Waals surface area contributed by atoms with Gasteiger partial charge in [0.25, 0.3) is 5.91 Å². The third-order valence-electron chi connectivity index (χ3n) is 19.5. The van der Waals surface area contributed by atoms with E-state index in [2.05, 4.69) is 29.5 Å². The lowest BCUT2D eigenvalue weighted by Gasteiger charge is -2.33. The second-order valence-electron chi connectivity index (χ2n) is 29.3. The van der Waals surface area contributed by atoms with Crippen LogP contribution in [0.1, 0.15) is 100 Å². The van der Waals surface area contributed by atoms with E-state index in [0.29, 0.717) is 140 Å². The van der Waals surface area contributed by atoms with E-state index in [1.165, 1.54) is 0 Å². The molecule has 32 nitrogen and oxygen atoms in total. The number of ketones is 1. The molecule has 0 bridgehead atoms. The average Bonchev–Trinajstić information content (AvgIpc) is 0.781. The Morgan fingerprint density at radius 1 is 0.440 bits per heavy atom. The molecule has 3 aliphatic heterocycles. The number of Topliss-reactive ketones (excluding diaryl/α,β-unsaturated/α-hetero) is 1. The summed E-state index contributed by atoms with van der Waals surface area (Å²) < 4.78 is 130. The minimum absolute atomic E-state index is 0.0167. The monoisotopic (exact) mass is 1930 g/mol. The second kappa shape index (κ2) is 56.1. The number of hydrogen-bond donors (Lipinski definition) is 10. The molecule has 3 unspecified atom stereocenters. The summed E-state index contributed by atoms with van der Waals surface area (Å²) in [6.07, 6.45) is -6.51. The maximum atomic E-state index is 13.0. The molecular formula is C84H115Cl6N7O25S3. The molecule has 0 saturated heterocycles. The van der Waals surface area contributed by atoms with Crippen LogP contribution in [-0.4, -0.2) is 311 Å². The molecule has 6 aromatic carbocycles. The number of nitrogens with one attached hydrogen (secondary N) is 3. The molecule has 7 atom stereocenters. The number of carbonyl (C=O) groups excluding carboxylic acids is 2. The fourth-order valence-corrected chi connectivity index (χ4v) is 18.5. The average molecular weight is 1930 g/mol. The summed E-state index contributed by atoms with van der Waals surface area (Å²) in [6, 6.07) is 32.1. The standard InChI is InChI=1S/C34H49Cl2N3O11S.C24H33Cl2N3O5S.C22H27Cl2NO3S.C4H6O6/c1-39-22-28(27-20-25(35)21-30(36)29(27)23-39)24-5-3-6-26(19-24)51(44,45)38-9-12-49-16-18-50-17-15-48-11-8-37-34(43)33(42)32(41)31(40)7-4-10-47-14-13-46-2;1-29-16-22(21-14-19(25)15-24(26)23(21)17-29)18-3-2-4-20(13-18)35(30,31)28-6-8-33-10-12-34-11-9-32-7-5-27;1-3-8-28-9-5-10-29(26,27)18-7-4-6-16(11-18)20-14-25(2)15-21-19(20)12-17(23)13-22(21)24;5-1(3(7)8)2(6)4(9)10/h3,5-6,19-21,28,32-33,38,41-42H,4,7-18,22-23H2,1-2H3,(H,37,43);2-4,13-15,22,28H,5-12,16-17,27H2,1H3;4,6-7,11-13,20H,3,5,8-10,14-15H2,1-2H3;1-2,5-6H,(H,7,8)(H,9,10)/t28?,32-,33+;;;1-,2-/m1..0/s1. The summed E-state index contributed by atoms with van der Waals surface area (Å²) in [5.41, 5.74) is 14.2. The number of aliphatic hydroxyl groups excluding tert-OH is 4. The molecule has 125 heavy (non-hydrogen) atoms. The summed E-state index contributed by atoms with van der Waals surface area (Å²) in [6.45, 7) is 13.1. The van der Waals surface area contributed by atoms with Crippen LogP contribution in [0.4, 0.5) is 0 Å². The SMILES string of the molecule is CCCOCCCS(=O)(=O)c1cccc(C2CN(C)Cc3c(Cl)cc(Cl)cc32)c1.CN1Cc2c(Cl)cc(Cl)cc2C(c2cccc(S(=O)(=O)NCCOCCOCCOCCN)c2)C1.COCCOCCCC(=O)[C@@H](O)[C@H](O)C(=O)NCCOCCOCCOCCNS(=O)(=O)c1cccc(C2CN(C)Cc3c(Cl)cc(Cl)cc32)c1.O=C(O)[C@@H](O)[C@H](O)C(=O)O. The van der Waals surface area contributed by atoms with E-state index in [9.17, 15) is 54.6 Å².